The summed E-state index contributed by atoms with van der Waals surface area (Å²) in [4.78, 5) is 0.309. The molecular formula is C20H31N3O2S. The monoisotopic (exact) mass is 377 g/mol. The van der Waals surface area contributed by atoms with Gasteiger partial charge in [-0.3, -0.25) is 4.68 Å². The summed E-state index contributed by atoms with van der Waals surface area (Å²) in [5.74, 6) is 0. The van der Waals surface area contributed by atoms with E-state index in [-0.39, 0.29) is 17.5 Å². The maximum absolute atomic E-state index is 13.6. The van der Waals surface area contributed by atoms with E-state index in [2.05, 4.69) is 5.10 Å². The third kappa shape index (κ3) is 4.35. The Morgan fingerprint density at radius 2 is 1.65 bits per heavy atom. The van der Waals surface area contributed by atoms with Gasteiger partial charge >= 0.3 is 0 Å². The van der Waals surface area contributed by atoms with E-state index in [1.807, 2.05) is 78.8 Å². The molecule has 144 valence electrons. The second-order valence-electron chi connectivity index (χ2n) is 8.30. The van der Waals surface area contributed by atoms with Crippen molar-refractivity contribution in [1.29, 1.82) is 0 Å². The zero-order chi connectivity index (χ0) is 19.7. The van der Waals surface area contributed by atoms with Gasteiger partial charge in [0.05, 0.1) is 5.69 Å². The highest BCUT2D eigenvalue weighted by Crippen LogP contribution is 2.32. The van der Waals surface area contributed by atoms with Crippen molar-refractivity contribution in [3.05, 3.63) is 47.8 Å². The molecule has 5 nitrogen and oxygen atoms in total. The quantitative estimate of drug-likeness (QED) is 0.751. The van der Waals surface area contributed by atoms with Crippen molar-refractivity contribution in [2.24, 2.45) is 0 Å². The molecule has 0 radical (unpaired) electrons. The van der Waals surface area contributed by atoms with E-state index in [9.17, 15) is 8.42 Å². The topological polar surface area (TPSA) is 55.2 Å². The van der Waals surface area contributed by atoms with E-state index in [4.69, 9.17) is 0 Å². The van der Waals surface area contributed by atoms with Crippen LogP contribution in [0.4, 0.5) is 0 Å². The Morgan fingerprint density at radius 3 is 2.12 bits per heavy atom. The predicted molar refractivity (Wildman–Crippen MR) is 106 cm³/mol. The molecule has 0 aliphatic rings. The Hall–Kier alpha value is -1.66. The molecule has 0 saturated heterocycles. The van der Waals surface area contributed by atoms with E-state index < -0.39 is 10.0 Å². The number of hydrogen-bond donors (Lipinski definition) is 0. The lowest BCUT2D eigenvalue weighted by atomic mass is 9.92. The highest BCUT2D eigenvalue weighted by molar-refractivity contribution is 7.89. The average molecular weight is 378 g/mol. The molecule has 1 heterocycles. The van der Waals surface area contributed by atoms with Crippen LogP contribution in [0.2, 0.25) is 0 Å². The lowest BCUT2D eigenvalue weighted by Crippen LogP contribution is -2.37. The van der Waals surface area contributed by atoms with Gasteiger partial charge in [0.1, 0.15) is 4.90 Å². The first-order valence-corrected chi connectivity index (χ1v) is 10.5. The zero-order valence-electron chi connectivity index (χ0n) is 16.9. The SMILES string of the molecule is CC(C)N(Cc1ccccc1)S(=O)(=O)c1cn(C(C)C)nc1C(C)(C)C. The highest BCUT2D eigenvalue weighted by atomic mass is 32.2. The van der Waals surface area contributed by atoms with Crippen LogP contribution in [0, 0.1) is 0 Å². The molecule has 0 aliphatic carbocycles. The normalized spacial score (nSPS) is 13.2. The second kappa shape index (κ2) is 7.53. The van der Waals surface area contributed by atoms with E-state index in [0.717, 1.165) is 5.56 Å². The van der Waals surface area contributed by atoms with E-state index in [0.29, 0.717) is 17.1 Å². The Kier molecular flexibility index (Phi) is 5.98. The van der Waals surface area contributed by atoms with Crippen molar-refractivity contribution in [3.8, 4) is 0 Å². The first-order chi connectivity index (χ1) is 11.9. The van der Waals surface area contributed by atoms with Gasteiger partial charge in [0.25, 0.3) is 0 Å². The standard InChI is InChI=1S/C20H31N3O2S/c1-15(2)22-14-18(19(21-22)20(5,6)7)26(24,25)23(16(3)4)13-17-11-9-8-10-12-17/h8-12,14-16H,13H2,1-7H3. The average Bonchev–Trinajstić information content (AvgIpc) is 3.00. The van der Waals surface area contributed by atoms with Crippen LogP contribution in [0.15, 0.2) is 41.4 Å². The Morgan fingerprint density at radius 1 is 1.08 bits per heavy atom. The highest BCUT2D eigenvalue weighted by Gasteiger charge is 2.35. The summed E-state index contributed by atoms with van der Waals surface area (Å²) >= 11 is 0. The molecule has 0 bridgehead atoms. The largest absolute Gasteiger partial charge is 0.269 e. The molecule has 0 fully saturated rings. The summed E-state index contributed by atoms with van der Waals surface area (Å²) in [5, 5.41) is 4.61. The van der Waals surface area contributed by atoms with Gasteiger partial charge in [-0.1, -0.05) is 51.1 Å². The fourth-order valence-corrected chi connectivity index (χ4v) is 4.74. The number of benzene rings is 1. The van der Waals surface area contributed by atoms with E-state index in [1.165, 1.54) is 0 Å². The number of hydrogen-bond acceptors (Lipinski definition) is 3. The van der Waals surface area contributed by atoms with Gasteiger partial charge in [-0.25, -0.2) is 8.42 Å². The summed E-state index contributed by atoms with van der Waals surface area (Å²) in [7, 11) is -3.68. The minimum Gasteiger partial charge on any atom is -0.269 e. The van der Waals surface area contributed by atoms with Crippen LogP contribution in [0.5, 0.6) is 0 Å². The second-order valence-corrected chi connectivity index (χ2v) is 10.2. The Bertz CT molecular complexity index is 832. The summed E-state index contributed by atoms with van der Waals surface area (Å²) in [5.41, 5.74) is 1.22. The van der Waals surface area contributed by atoms with Crippen molar-refractivity contribution in [1.82, 2.24) is 14.1 Å². The molecule has 0 unspecified atom stereocenters. The number of aromatic nitrogens is 2. The molecule has 0 N–H and O–H groups in total. The van der Waals surface area contributed by atoms with Crippen LogP contribution in [0.25, 0.3) is 0 Å². The maximum Gasteiger partial charge on any atom is 0.247 e. The van der Waals surface area contributed by atoms with E-state index >= 15 is 0 Å². The van der Waals surface area contributed by atoms with Crippen LogP contribution < -0.4 is 0 Å². The first kappa shape index (κ1) is 20.6. The molecule has 2 aromatic rings. The van der Waals surface area contributed by atoms with Gasteiger partial charge in [0, 0.05) is 30.2 Å². The lowest BCUT2D eigenvalue weighted by Gasteiger charge is -2.27. The molecule has 1 aromatic heterocycles. The summed E-state index contributed by atoms with van der Waals surface area (Å²) < 4.78 is 30.4. The summed E-state index contributed by atoms with van der Waals surface area (Å²) in [6.07, 6.45) is 1.68. The first-order valence-electron chi connectivity index (χ1n) is 9.10. The third-order valence-corrected chi connectivity index (χ3v) is 6.30. The van der Waals surface area contributed by atoms with Gasteiger partial charge in [0.15, 0.2) is 0 Å². The smallest absolute Gasteiger partial charge is 0.247 e. The predicted octanol–water partition coefficient (Wildman–Crippen LogP) is 4.36. The van der Waals surface area contributed by atoms with Crippen LogP contribution >= 0.6 is 0 Å². The third-order valence-electron chi connectivity index (χ3n) is 4.28. The number of nitrogens with zero attached hydrogens (tertiary/aromatic N) is 3. The van der Waals surface area contributed by atoms with Gasteiger partial charge in [-0.05, 0) is 33.3 Å². The van der Waals surface area contributed by atoms with Crippen LogP contribution in [0.1, 0.15) is 65.8 Å². The van der Waals surface area contributed by atoms with Gasteiger partial charge in [-0.2, -0.15) is 9.40 Å². The molecule has 6 heteroatoms. The van der Waals surface area contributed by atoms with Crippen LogP contribution in [-0.2, 0) is 22.0 Å². The molecule has 1 aromatic carbocycles. The van der Waals surface area contributed by atoms with Crippen molar-refractivity contribution in [3.63, 3.8) is 0 Å². The van der Waals surface area contributed by atoms with Crippen molar-refractivity contribution >= 4 is 10.0 Å². The lowest BCUT2D eigenvalue weighted by molar-refractivity contribution is 0.347. The Labute approximate surface area is 158 Å². The number of rotatable bonds is 6. The molecule has 26 heavy (non-hydrogen) atoms. The van der Waals surface area contributed by atoms with E-state index in [1.54, 1.807) is 15.2 Å². The Balaban J connectivity index is 2.56. The van der Waals surface area contributed by atoms with Crippen LogP contribution in [0.3, 0.4) is 0 Å². The summed E-state index contributed by atoms with van der Waals surface area (Å²) in [6.45, 7) is 14.1. The van der Waals surface area contributed by atoms with Crippen molar-refractivity contribution in [2.45, 2.75) is 77.4 Å². The fourth-order valence-electron chi connectivity index (χ4n) is 2.78. The molecular weight excluding hydrogens is 346 g/mol. The van der Waals surface area contributed by atoms with Crippen molar-refractivity contribution in [2.75, 3.05) is 0 Å². The van der Waals surface area contributed by atoms with Gasteiger partial charge in [0.2, 0.25) is 10.0 Å². The van der Waals surface area contributed by atoms with Gasteiger partial charge in [-0.15, -0.1) is 0 Å². The molecule has 0 amide bonds. The maximum atomic E-state index is 13.6. The molecule has 0 aliphatic heterocycles. The molecule has 0 saturated carbocycles. The summed E-state index contributed by atoms with van der Waals surface area (Å²) in [6, 6.07) is 9.63. The minimum atomic E-state index is -3.68. The zero-order valence-corrected chi connectivity index (χ0v) is 17.7. The minimum absolute atomic E-state index is 0.0988. The van der Waals surface area contributed by atoms with Gasteiger partial charge < -0.3 is 0 Å². The molecule has 2 rings (SSSR count). The molecule has 0 spiro atoms. The van der Waals surface area contributed by atoms with Crippen molar-refractivity contribution < 1.29 is 8.42 Å². The fraction of sp³-hybridized carbons (Fsp3) is 0.550. The molecule has 0 atom stereocenters. The number of sulfonamides is 1. The van der Waals surface area contributed by atoms with Crippen LogP contribution in [-0.4, -0.2) is 28.5 Å².